The second-order valence-corrected chi connectivity index (χ2v) is 5.52. The topological polar surface area (TPSA) is 44.4 Å². The minimum Gasteiger partial charge on any atom is -0.325 e. The van der Waals surface area contributed by atoms with Gasteiger partial charge in [0.25, 0.3) is 0 Å². The molecule has 1 saturated heterocycles. The molecule has 0 aromatic heterocycles. The maximum Gasteiger partial charge on any atom is 0.228 e. The van der Waals surface area contributed by atoms with Gasteiger partial charge in [-0.1, -0.05) is 17.7 Å². The average Bonchev–Trinajstić information content (AvgIpc) is 2.77. The predicted octanol–water partition coefficient (Wildman–Crippen LogP) is 0.937. The Kier molecular flexibility index (Phi) is 3.53. The van der Waals surface area contributed by atoms with E-state index in [1.807, 2.05) is 0 Å². The molecule has 4 nitrogen and oxygen atoms in total. The van der Waals surface area contributed by atoms with Crippen LogP contribution in [0.25, 0.3) is 0 Å². The molecular weight excluding hydrogens is 238 g/mol. The number of benzene rings is 1. The van der Waals surface area contributed by atoms with Crippen molar-refractivity contribution in [3.63, 3.8) is 0 Å². The number of rotatable bonds is 3. The number of nitrogens with zero attached hydrogens (tertiary/aromatic N) is 1. The molecule has 1 aromatic carbocycles. The van der Waals surface area contributed by atoms with Gasteiger partial charge in [0.2, 0.25) is 5.91 Å². The zero-order chi connectivity index (χ0) is 13.2. The van der Waals surface area contributed by atoms with Crippen LogP contribution in [0.3, 0.4) is 0 Å². The van der Waals surface area contributed by atoms with E-state index in [4.69, 9.17) is 0 Å². The molecule has 19 heavy (non-hydrogen) atoms. The third kappa shape index (κ3) is 2.80. The van der Waals surface area contributed by atoms with Crippen molar-refractivity contribution in [1.29, 1.82) is 0 Å². The van der Waals surface area contributed by atoms with Crippen molar-refractivity contribution in [1.82, 2.24) is 10.2 Å². The summed E-state index contributed by atoms with van der Waals surface area (Å²) in [6, 6.07) is 4.34. The van der Waals surface area contributed by atoms with E-state index in [0.29, 0.717) is 6.42 Å². The van der Waals surface area contributed by atoms with Crippen LogP contribution in [0.5, 0.6) is 0 Å². The average molecular weight is 259 g/mol. The van der Waals surface area contributed by atoms with Gasteiger partial charge in [0.05, 0.1) is 6.42 Å². The first-order valence-electron chi connectivity index (χ1n) is 7.08. The first kappa shape index (κ1) is 12.6. The zero-order valence-electron chi connectivity index (χ0n) is 11.5. The van der Waals surface area contributed by atoms with Crippen molar-refractivity contribution in [3.8, 4) is 0 Å². The Morgan fingerprint density at radius 2 is 2.05 bits per heavy atom. The largest absolute Gasteiger partial charge is 0.325 e. The highest BCUT2D eigenvalue weighted by Gasteiger charge is 2.21. The van der Waals surface area contributed by atoms with Crippen LogP contribution in [-0.4, -0.2) is 43.5 Å². The summed E-state index contributed by atoms with van der Waals surface area (Å²) in [5.41, 5.74) is 4.79. The highest BCUT2D eigenvalue weighted by molar-refractivity contribution is 6.00. The summed E-state index contributed by atoms with van der Waals surface area (Å²) < 4.78 is 0. The van der Waals surface area contributed by atoms with E-state index < -0.39 is 0 Å². The smallest absolute Gasteiger partial charge is 0.228 e. The molecule has 0 atom stereocenters. The molecule has 0 spiro atoms. The lowest BCUT2D eigenvalue weighted by atomic mass is 10.0. The first-order chi connectivity index (χ1) is 9.22. The summed E-state index contributed by atoms with van der Waals surface area (Å²) in [5.74, 6) is 0.129. The maximum atomic E-state index is 11.5. The summed E-state index contributed by atoms with van der Waals surface area (Å²) >= 11 is 0. The van der Waals surface area contributed by atoms with Crippen molar-refractivity contribution in [3.05, 3.63) is 28.8 Å². The van der Waals surface area contributed by atoms with Gasteiger partial charge in [0, 0.05) is 38.4 Å². The number of fused-ring (bicyclic) bond motifs is 1. The number of nitrogens with one attached hydrogen (secondary N) is 2. The molecule has 3 rings (SSSR count). The van der Waals surface area contributed by atoms with Crippen LogP contribution < -0.4 is 10.6 Å². The van der Waals surface area contributed by atoms with Crippen molar-refractivity contribution in [2.24, 2.45) is 0 Å². The summed E-state index contributed by atoms with van der Waals surface area (Å²) in [7, 11) is 0. The van der Waals surface area contributed by atoms with E-state index in [1.54, 1.807) is 0 Å². The van der Waals surface area contributed by atoms with Crippen LogP contribution in [0.4, 0.5) is 5.69 Å². The van der Waals surface area contributed by atoms with Gasteiger partial charge in [-0.05, 0) is 24.5 Å². The van der Waals surface area contributed by atoms with Crippen LogP contribution in [0, 0.1) is 6.92 Å². The lowest BCUT2D eigenvalue weighted by Crippen LogP contribution is -2.44. The van der Waals surface area contributed by atoms with Crippen molar-refractivity contribution in [2.45, 2.75) is 19.8 Å². The van der Waals surface area contributed by atoms with Gasteiger partial charge in [0.1, 0.15) is 0 Å². The summed E-state index contributed by atoms with van der Waals surface area (Å²) in [6.07, 6.45) is 1.56. The van der Waals surface area contributed by atoms with Crippen LogP contribution in [-0.2, 0) is 17.6 Å². The summed E-state index contributed by atoms with van der Waals surface area (Å²) in [4.78, 5) is 14.0. The fraction of sp³-hybridized carbons (Fsp3) is 0.533. The van der Waals surface area contributed by atoms with Crippen molar-refractivity contribution >= 4 is 11.6 Å². The minimum atomic E-state index is 0.129. The Balaban J connectivity index is 1.72. The van der Waals surface area contributed by atoms with Gasteiger partial charge in [-0.2, -0.15) is 0 Å². The summed E-state index contributed by atoms with van der Waals surface area (Å²) in [5, 5.41) is 6.38. The molecule has 0 bridgehead atoms. The highest BCUT2D eigenvalue weighted by Crippen LogP contribution is 2.29. The van der Waals surface area contributed by atoms with Crippen LogP contribution in [0.2, 0.25) is 0 Å². The third-order valence-corrected chi connectivity index (χ3v) is 3.97. The number of anilines is 1. The van der Waals surface area contributed by atoms with Gasteiger partial charge < -0.3 is 15.5 Å². The number of hydrogen-bond acceptors (Lipinski definition) is 3. The van der Waals surface area contributed by atoms with Crippen LogP contribution in [0.15, 0.2) is 12.1 Å². The molecule has 4 heteroatoms. The Labute approximate surface area is 114 Å². The van der Waals surface area contributed by atoms with Crippen molar-refractivity contribution in [2.75, 3.05) is 38.0 Å². The van der Waals surface area contributed by atoms with E-state index in [1.165, 1.54) is 16.7 Å². The molecule has 2 aliphatic heterocycles. The zero-order valence-corrected chi connectivity index (χ0v) is 11.5. The minimum absolute atomic E-state index is 0.129. The lowest BCUT2D eigenvalue weighted by molar-refractivity contribution is -0.115. The quantitative estimate of drug-likeness (QED) is 0.849. The van der Waals surface area contributed by atoms with E-state index in [-0.39, 0.29) is 5.91 Å². The lowest BCUT2D eigenvalue weighted by Gasteiger charge is -2.27. The molecule has 1 amide bonds. The van der Waals surface area contributed by atoms with Gasteiger partial charge in [0.15, 0.2) is 0 Å². The maximum absolute atomic E-state index is 11.5. The third-order valence-electron chi connectivity index (χ3n) is 3.97. The van der Waals surface area contributed by atoms with Gasteiger partial charge in [-0.3, -0.25) is 4.79 Å². The molecular formula is C15H21N3O. The molecule has 0 aliphatic carbocycles. The highest BCUT2D eigenvalue weighted by atomic mass is 16.1. The summed E-state index contributed by atoms with van der Waals surface area (Å²) in [6.45, 7) is 7.61. The molecule has 0 radical (unpaired) electrons. The molecule has 1 aromatic rings. The second kappa shape index (κ2) is 5.31. The molecule has 1 fully saturated rings. The van der Waals surface area contributed by atoms with E-state index in [2.05, 4.69) is 34.6 Å². The molecule has 2 heterocycles. The fourth-order valence-electron chi connectivity index (χ4n) is 3.01. The molecule has 2 aliphatic rings. The number of piperazine rings is 1. The number of carbonyl (C=O) groups is 1. The molecule has 102 valence electrons. The van der Waals surface area contributed by atoms with E-state index in [9.17, 15) is 4.79 Å². The molecule has 0 unspecified atom stereocenters. The van der Waals surface area contributed by atoms with Crippen LogP contribution >= 0.6 is 0 Å². The number of carbonyl (C=O) groups excluding carboxylic acids is 1. The predicted molar refractivity (Wildman–Crippen MR) is 76.5 cm³/mol. The SMILES string of the molecule is Cc1cc(CCN2CCNCC2)c2c(c1)CC(=O)N2. The Morgan fingerprint density at radius 1 is 1.26 bits per heavy atom. The number of hydrogen-bond donors (Lipinski definition) is 2. The van der Waals surface area contributed by atoms with Gasteiger partial charge >= 0.3 is 0 Å². The normalized spacial score (nSPS) is 19.3. The monoisotopic (exact) mass is 259 g/mol. The molecule has 0 saturated carbocycles. The van der Waals surface area contributed by atoms with Gasteiger partial charge in [-0.15, -0.1) is 0 Å². The number of aryl methyl sites for hydroxylation is 1. The Morgan fingerprint density at radius 3 is 2.84 bits per heavy atom. The molecule has 2 N–H and O–H groups in total. The van der Waals surface area contributed by atoms with Gasteiger partial charge in [-0.25, -0.2) is 0 Å². The van der Waals surface area contributed by atoms with Crippen molar-refractivity contribution < 1.29 is 4.79 Å². The van der Waals surface area contributed by atoms with E-state index >= 15 is 0 Å². The first-order valence-corrected chi connectivity index (χ1v) is 7.08. The Hall–Kier alpha value is -1.39. The second-order valence-electron chi connectivity index (χ2n) is 5.52. The van der Waals surface area contributed by atoms with E-state index in [0.717, 1.165) is 44.8 Å². The fourth-order valence-corrected chi connectivity index (χ4v) is 3.01. The Bertz CT molecular complexity index is 492. The standard InChI is InChI=1S/C15H21N3O/c1-11-8-12(2-5-18-6-3-16-4-7-18)15-13(9-11)10-14(19)17-15/h8-9,16H,2-7,10H2,1H3,(H,17,19). The number of amides is 1. The van der Waals surface area contributed by atoms with Crippen LogP contribution in [0.1, 0.15) is 16.7 Å².